The SMILES string of the molecule is CCN1CCOC(CS(=O)(=O)CCCN)C1. The van der Waals surface area contributed by atoms with Crippen LogP contribution in [0, 0.1) is 0 Å². The molecule has 96 valence electrons. The topological polar surface area (TPSA) is 72.6 Å². The van der Waals surface area contributed by atoms with Gasteiger partial charge in [0.1, 0.15) is 0 Å². The third-order valence-corrected chi connectivity index (χ3v) is 4.56. The Bertz CT molecular complexity index is 292. The molecule has 0 aromatic rings. The molecule has 1 saturated heterocycles. The number of nitrogens with two attached hydrogens (primary N) is 1. The second kappa shape index (κ2) is 6.54. The number of ether oxygens (including phenoxy) is 1. The van der Waals surface area contributed by atoms with Gasteiger partial charge in [-0.1, -0.05) is 6.92 Å². The molecule has 1 aliphatic rings. The van der Waals surface area contributed by atoms with Crippen molar-refractivity contribution in [3.05, 3.63) is 0 Å². The van der Waals surface area contributed by atoms with E-state index < -0.39 is 9.84 Å². The lowest BCUT2D eigenvalue weighted by Crippen LogP contribution is -2.45. The average molecular weight is 250 g/mol. The van der Waals surface area contributed by atoms with Crippen LogP contribution in [0.4, 0.5) is 0 Å². The minimum Gasteiger partial charge on any atom is -0.374 e. The normalized spacial score (nSPS) is 23.5. The minimum absolute atomic E-state index is 0.128. The predicted octanol–water partition coefficient (Wildman–Crippen LogP) is -0.529. The second-order valence-corrected chi connectivity index (χ2v) is 6.37. The molecular formula is C10H22N2O3S. The van der Waals surface area contributed by atoms with Crippen LogP contribution in [-0.2, 0) is 14.6 Å². The van der Waals surface area contributed by atoms with Gasteiger partial charge >= 0.3 is 0 Å². The van der Waals surface area contributed by atoms with Crippen molar-refractivity contribution in [3.63, 3.8) is 0 Å². The van der Waals surface area contributed by atoms with Crippen molar-refractivity contribution in [1.29, 1.82) is 0 Å². The fourth-order valence-electron chi connectivity index (χ4n) is 1.84. The Hall–Kier alpha value is -0.170. The molecule has 6 heteroatoms. The Balaban J connectivity index is 2.40. The number of nitrogens with zero attached hydrogens (tertiary/aromatic N) is 1. The van der Waals surface area contributed by atoms with Crippen molar-refractivity contribution in [1.82, 2.24) is 4.90 Å². The smallest absolute Gasteiger partial charge is 0.152 e. The third-order valence-electron chi connectivity index (χ3n) is 2.77. The Labute approximate surface area is 97.9 Å². The summed E-state index contributed by atoms with van der Waals surface area (Å²) in [6.07, 6.45) is 0.364. The summed E-state index contributed by atoms with van der Waals surface area (Å²) >= 11 is 0. The number of hydrogen-bond acceptors (Lipinski definition) is 5. The highest BCUT2D eigenvalue weighted by molar-refractivity contribution is 7.91. The largest absolute Gasteiger partial charge is 0.374 e. The van der Waals surface area contributed by atoms with Crippen molar-refractivity contribution in [2.24, 2.45) is 5.73 Å². The van der Waals surface area contributed by atoms with Gasteiger partial charge in [0, 0.05) is 13.1 Å². The zero-order chi connectivity index (χ0) is 12.0. The van der Waals surface area contributed by atoms with E-state index in [2.05, 4.69) is 11.8 Å². The van der Waals surface area contributed by atoms with Gasteiger partial charge in [0.2, 0.25) is 0 Å². The summed E-state index contributed by atoms with van der Waals surface area (Å²) in [7, 11) is -3.01. The van der Waals surface area contributed by atoms with Crippen LogP contribution >= 0.6 is 0 Å². The summed E-state index contributed by atoms with van der Waals surface area (Å²) in [6, 6.07) is 0. The number of likely N-dealkylation sites (N-methyl/N-ethyl adjacent to an activating group) is 1. The van der Waals surface area contributed by atoms with Gasteiger partial charge in [0.25, 0.3) is 0 Å². The fourth-order valence-corrected chi connectivity index (χ4v) is 3.38. The molecule has 0 amide bonds. The van der Waals surface area contributed by atoms with Crippen molar-refractivity contribution in [2.45, 2.75) is 19.4 Å². The highest BCUT2D eigenvalue weighted by Gasteiger charge is 2.24. The number of sulfone groups is 1. The molecule has 0 aromatic heterocycles. The monoisotopic (exact) mass is 250 g/mol. The summed E-state index contributed by atoms with van der Waals surface area (Å²) in [5.74, 6) is 0.305. The fraction of sp³-hybridized carbons (Fsp3) is 1.00. The predicted molar refractivity (Wildman–Crippen MR) is 64.2 cm³/mol. The van der Waals surface area contributed by atoms with Gasteiger partial charge in [0.05, 0.1) is 24.2 Å². The van der Waals surface area contributed by atoms with E-state index in [4.69, 9.17) is 10.5 Å². The van der Waals surface area contributed by atoms with Crippen LogP contribution in [-0.4, -0.2) is 63.7 Å². The van der Waals surface area contributed by atoms with Crippen LogP contribution in [0.2, 0.25) is 0 Å². The van der Waals surface area contributed by atoms with Crippen molar-refractivity contribution in [2.75, 3.05) is 44.3 Å². The molecule has 2 N–H and O–H groups in total. The summed E-state index contributed by atoms with van der Waals surface area (Å²) in [5.41, 5.74) is 5.31. The Morgan fingerprint density at radius 3 is 2.88 bits per heavy atom. The van der Waals surface area contributed by atoms with Gasteiger partial charge in [-0.2, -0.15) is 0 Å². The molecule has 0 saturated carbocycles. The van der Waals surface area contributed by atoms with E-state index in [-0.39, 0.29) is 17.6 Å². The van der Waals surface area contributed by atoms with Crippen LogP contribution < -0.4 is 5.73 Å². The second-order valence-electron chi connectivity index (χ2n) is 4.14. The van der Waals surface area contributed by atoms with Crippen LogP contribution in [0.25, 0.3) is 0 Å². The van der Waals surface area contributed by atoms with E-state index in [1.807, 2.05) is 0 Å². The molecule has 0 aromatic carbocycles. The molecule has 0 aliphatic carbocycles. The van der Waals surface area contributed by atoms with Crippen LogP contribution in [0.15, 0.2) is 0 Å². The zero-order valence-electron chi connectivity index (χ0n) is 9.89. The summed E-state index contributed by atoms with van der Waals surface area (Å²) in [4.78, 5) is 2.21. The van der Waals surface area contributed by atoms with Crippen LogP contribution in [0.1, 0.15) is 13.3 Å². The van der Waals surface area contributed by atoms with E-state index in [1.54, 1.807) is 0 Å². The molecule has 0 bridgehead atoms. The van der Waals surface area contributed by atoms with E-state index in [0.717, 1.165) is 19.6 Å². The lowest BCUT2D eigenvalue weighted by Gasteiger charge is -2.31. The van der Waals surface area contributed by atoms with Gasteiger partial charge in [-0.15, -0.1) is 0 Å². The maximum atomic E-state index is 11.7. The number of morpholine rings is 1. The minimum atomic E-state index is -3.01. The summed E-state index contributed by atoms with van der Waals surface area (Å²) in [5, 5.41) is 0. The molecule has 16 heavy (non-hydrogen) atoms. The quantitative estimate of drug-likeness (QED) is 0.686. The number of rotatable bonds is 6. The Kier molecular flexibility index (Phi) is 5.68. The van der Waals surface area contributed by atoms with E-state index in [1.165, 1.54) is 0 Å². The van der Waals surface area contributed by atoms with Crippen molar-refractivity contribution >= 4 is 9.84 Å². The maximum Gasteiger partial charge on any atom is 0.152 e. The average Bonchev–Trinajstić information content (AvgIpc) is 2.26. The third kappa shape index (κ3) is 4.78. The van der Waals surface area contributed by atoms with E-state index >= 15 is 0 Å². The first kappa shape index (κ1) is 13.9. The molecule has 5 nitrogen and oxygen atoms in total. The van der Waals surface area contributed by atoms with Gasteiger partial charge in [-0.25, -0.2) is 8.42 Å². The summed E-state index contributed by atoms with van der Waals surface area (Å²) in [6.45, 7) is 5.69. The zero-order valence-corrected chi connectivity index (χ0v) is 10.7. The number of hydrogen-bond donors (Lipinski definition) is 1. The molecule has 1 aliphatic heterocycles. The maximum absolute atomic E-state index is 11.7. The van der Waals surface area contributed by atoms with Crippen molar-refractivity contribution in [3.8, 4) is 0 Å². The van der Waals surface area contributed by atoms with Gasteiger partial charge in [-0.3, -0.25) is 4.90 Å². The van der Waals surface area contributed by atoms with Gasteiger partial charge in [0.15, 0.2) is 9.84 Å². The first-order chi connectivity index (χ1) is 7.57. The molecule has 1 atom stereocenters. The Morgan fingerprint density at radius 2 is 2.25 bits per heavy atom. The van der Waals surface area contributed by atoms with Gasteiger partial charge in [-0.05, 0) is 19.5 Å². The van der Waals surface area contributed by atoms with Crippen molar-refractivity contribution < 1.29 is 13.2 Å². The lowest BCUT2D eigenvalue weighted by atomic mass is 10.3. The van der Waals surface area contributed by atoms with E-state index in [9.17, 15) is 8.42 Å². The lowest BCUT2D eigenvalue weighted by molar-refractivity contribution is -0.0145. The van der Waals surface area contributed by atoms with E-state index in [0.29, 0.717) is 19.6 Å². The first-order valence-electron chi connectivity index (χ1n) is 5.82. The van der Waals surface area contributed by atoms with Gasteiger partial charge < -0.3 is 10.5 Å². The standard InChI is InChI=1S/C10H22N2O3S/c1-2-12-5-6-15-10(8-12)9-16(13,14)7-3-4-11/h10H,2-9,11H2,1H3. The molecular weight excluding hydrogens is 228 g/mol. The molecule has 1 unspecified atom stereocenters. The van der Waals surface area contributed by atoms with Crippen LogP contribution in [0.3, 0.4) is 0 Å². The molecule has 0 radical (unpaired) electrons. The highest BCUT2D eigenvalue weighted by atomic mass is 32.2. The molecule has 0 spiro atoms. The molecule has 1 fully saturated rings. The molecule has 1 rings (SSSR count). The Morgan fingerprint density at radius 1 is 1.50 bits per heavy atom. The molecule has 1 heterocycles. The first-order valence-corrected chi connectivity index (χ1v) is 7.64. The van der Waals surface area contributed by atoms with Crippen LogP contribution in [0.5, 0.6) is 0 Å². The summed E-state index contributed by atoms with van der Waals surface area (Å²) < 4.78 is 28.9. The highest BCUT2D eigenvalue weighted by Crippen LogP contribution is 2.08.